The highest BCUT2D eigenvalue weighted by atomic mass is 32.2. The molecule has 1 aromatic heterocycles. The van der Waals surface area contributed by atoms with Crippen LogP contribution in [-0.2, 0) is 11.0 Å². The van der Waals surface area contributed by atoms with Gasteiger partial charge in [0, 0.05) is 11.1 Å². The van der Waals surface area contributed by atoms with E-state index in [9.17, 15) is 18.0 Å². The van der Waals surface area contributed by atoms with Gasteiger partial charge in [-0.3, -0.25) is 4.79 Å². The first kappa shape index (κ1) is 19.2. The van der Waals surface area contributed by atoms with Crippen molar-refractivity contribution < 1.29 is 18.0 Å². The highest BCUT2D eigenvalue weighted by Gasteiger charge is 2.30. The standard InChI is InChI=1S/C19H16F3N3OS/c1-11(17(26)25-14-7-5-6-13(10-14)19(20,21)22)27-18-15-8-3-4-9-16(15)23-12(2)24-18/h3-11H,1-2H3,(H,25,26)/t11-/m1/s1. The maximum absolute atomic E-state index is 12.8. The van der Waals surface area contributed by atoms with Gasteiger partial charge in [-0.05, 0) is 38.1 Å². The Morgan fingerprint density at radius 1 is 1.11 bits per heavy atom. The van der Waals surface area contributed by atoms with E-state index < -0.39 is 22.9 Å². The largest absolute Gasteiger partial charge is 0.416 e. The Morgan fingerprint density at radius 2 is 1.85 bits per heavy atom. The first-order valence-corrected chi connectivity index (χ1v) is 9.00. The van der Waals surface area contributed by atoms with E-state index in [1.165, 1.54) is 23.9 Å². The number of aromatic nitrogens is 2. The highest BCUT2D eigenvalue weighted by molar-refractivity contribution is 8.00. The molecular weight excluding hydrogens is 375 g/mol. The van der Waals surface area contributed by atoms with Crippen LogP contribution in [0.4, 0.5) is 18.9 Å². The number of rotatable bonds is 4. The molecule has 0 saturated carbocycles. The van der Waals surface area contributed by atoms with E-state index in [1.54, 1.807) is 13.8 Å². The molecule has 8 heteroatoms. The van der Waals surface area contributed by atoms with Crippen molar-refractivity contribution in [1.82, 2.24) is 9.97 Å². The number of carbonyl (C=O) groups is 1. The molecule has 1 atom stereocenters. The van der Waals surface area contributed by atoms with Crippen LogP contribution in [0.2, 0.25) is 0 Å². The molecule has 0 bridgehead atoms. The van der Waals surface area contributed by atoms with Crippen LogP contribution >= 0.6 is 11.8 Å². The molecule has 1 amide bonds. The fourth-order valence-corrected chi connectivity index (χ4v) is 3.47. The summed E-state index contributed by atoms with van der Waals surface area (Å²) in [6, 6.07) is 12.0. The van der Waals surface area contributed by atoms with Crippen molar-refractivity contribution in [3.63, 3.8) is 0 Å². The van der Waals surface area contributed by atoms with Gasteiger partial charge in [0.2, 0.25) is 5.91 Å². The molecule has 0 aliphatic rings. The Morgan fingerprint density at radius 3 is 2.59 bits per heavy atom. The molecule has 2 aromatic carbocycles. The average Bonchev–Trinajstić information content (AvgIpc) is 2.61. The number of nitrogens with one attached hydrogen (secondary N) is 1. The second kappa shape index (κ2) is 7.56. The fraction of sp³-hybridized carbons (Fsp3) is 0.211. The molecule has 3 aromatic rings. The van der Waals surface area contributed by atoms with Crippen molar-refractivity contribution in [3.05, 3.63) is 59.9 Å². The second-order valence-electron chi connectivity index (χ2n) is 5.92. The molecule has 3 rings (SSSR count). The lowest BCUT2D eigenvalue weighted by Gasteiger charge is -2.14. The van der Waals surface area contributed by atoms with Crippen LogP contribution < -0.4 is 5.32 Å². The normalized spacial score (nSPS) is 12.8. The minimum absolute atomic E-state index is 0.103. The van der Waals surface area contributed by atoms with Crippen LogP contribution in [0.3, 0.4) is 0 Å². The van der Waals surface area contributed by atoms with Gasteiger partial charge in [-0.15, -0.1) is 0 Å². The van der Waals surface area contributed by atoms with Gasteiger partial charge in [-0.1, -0.05) is 36.0 Å². The summed E-state index contributed by atoms with van der Waals surface area (Å²) in [5.74, 6) is 0.182. The third-order valence-electron chi connectivity index (χ3n) is 3.80. The molecule has 0 radical (unpaired) electrons. The van der Waals surface area contributed by atoms with Crippen molar-refractivity contribution in [3.8, 4) is 0 Å². The van der Waals surface area contributed by atoms with E-state index >= 15 is 0 Å². The van der Waals surface area contributed by atoms with Crippen LogP contribution in [0.1, 0.15) is 18.3 Å². The number of halogens is 3. The molecule has 0 spiro atoms. The average molecular weight is 391 g/mol. The summed E-state index contributed by atoms with van der Waals surface area (Å²) in [7, 11) is 0. The van der Waals surface area contributed by atoms with Crippen molar-refractivity contribution in [2.75, 3.05) is 5.32 Å². The van der Waals surface area contributed by atoms with Gasteiger partial charge in [0.1, 0.15) is 10.9 Å². The van der Waals surface area contributed by atoms with Gasteiger partial charge >= 0.3 is 6.18 Å². The number of benzene rings is 2. The van der Waals surface area contributed by atoms with Gasteiger partial charge in [-0.2, -0.15) is 13.2 Å². The Balaban J connectivity index is 1.77. The zero-order chi connectivity index (χ0) is 19.6. The predicted octanol–water partition coefficient (Wildman–Crippen LogP) is 5.08. The molecule has 1 N–H and O–H groups in total. The first-order chi connectivity index (χ1) is 12.7. The number of fused-ring (bicyclic) bond motifs is 1. The monoisotopic (exact) mass is 391 g/mol. The quantitative estimate of drug-likeness (QED) is 0.498. The van der Waals surface area contributed by atoms with Crippen molar-refractivity contribution in [2.45, 2.75) is 30.3 Å². The topological polar surface area (TPSA) is 54.9 Å². The SMILES string of the molecule is Cc1nc(S[C@H](C)C(=O)Nc2cccc(C(F)(F)F)c2)c2ccccc2n1. The number of nitrogens with zero attached hydrogens (tertiary/aromatic N) is 2. The summed E-state index contributed by atoms with van der Waals surface area (Å²) in [6.45, 7) is 3.45. The van der Waals surface area contributed by atoms with E-state index in [0.717, 1.165) is 23.0 Å². The Kier molecular flexibility index (Phi) is 5.36. The van der Waals surface area contributed by atoms with Crippen LogP contribution in [0.5, 0.6) is 0 Å². The second-order valence-corrected chi connectivity index (χ2v) is 7.25. The van der Waals surface area contributed by atoms with Gasteiger partial charge in [0.15, 0.2) is 0 Å². The van der Waals surface area contributed by atoms with Gasteiger partial charge in [-0.25, -0.2) is 9.97 Å². The zero-order valence-corrected chi connectivity index (χ0v) is 15.4. The maximum Gasteiger partial charge on any atom is 0.416 e. The van der Waals surface area contributed by atoms with E-state index in [4.69, 9.17) is 0 Å². The number of para-hydroxylation sites is 1. The fourth-order valence-electron chi connectivity index (χ4n) is 2.49. The molecule has 4 nitrogen and oxygen atoms in total. The molecule has 1 heterocycles. The van der Waals surface area contributed by atoms with Gasteiger partial charge in [0.05, 0.1) is 16.3 Å². The minimum atomic E-state index is -4.46. The number of hydrogen-bond acceptors (Lipinski definition) is 4. The van der Waals surface area contributed by atoms with E-state index in [-0.39, 0.29) is 5.69 Å². The van der Waals surface area contributed by atoms with Crippen LogP contribution in [0.15, 0.2) is 53.6 Å². The van der Waals surface area contributed by atoms with Crippen LogP contribution in [-0.4, -0.2) is 21.1 Å². The molecule has 0 saturated heterocycles. The van der Waals surface area contributed by atoms with E-state index in [1.807, 2.05) is 24.3 Å². The third kappa shape index (κ3) is 4.57. The summed E-state index contributed by atoms with van der Waals surface area (Å²) >= 11 is 1.24. The number of alkyl halides is 3. The lowest BCUT2D eigenvalue weighted by molar-refractivity contribution is -0.137. The number of carbonyl (C=O) groups excluding carboxylic acids is 1. The summed E-state index contributed by atoms with van der Waals surface area (Å²) in [5, 5.41) is 3.46. The summed E-state index contributed by atoms with van der Waals surface area (Å²) < 4.78 is 38.4. The molecule has 140 valence electrons. The summed E-state index contributed by atoms with van der Waals surface area (Å²) in [6.07, 6.45) is -4.46. The first-order valence-electron chi connectivity index (χ1n) is 8.12. The molecule has 27 heavy (non-hydrogen) atoms. The number of amides is 1. The van der Waals surface area contributed by atoms with E-state index in [2.05, 4.69) is 15.3 Å². The Bertz CT molecular complexity index is 991. The zero-order valence-electron chi connectivity index (χ0n) is 14.5. The van der Waals surface area contributed by atoms with E-state index in [0.29, 0.717) is 10.9 Å². The van der Waals surface area contributed by atoms with Gasteiger partial charge < -0.3 is 5.32 Å². The molecule has 0 fully saturated rings. The number of hydrogen-bond donors (Lipinski definition) is 1. The predicted molar refractivity (Wildman–Crippen MR) is 99.7 cm³/mol. The lowest BCUT2D eigenvalue weighted by Crippen LogP contribution is -2.23. The van der Waals surface area contributed by atoms with Crippen molar-refractivity contribution in [2.24, 2.45) is 0 Å². The van der Waals surface area contributed by atoms with Crippen molar-refractivity contribution in [1.29, 1.82) is 0 Å². The summed E-state index contributed by atoms with van der Waals surface area (Å²) in [5.41, 5.74) is 0.0713. The van der Waals surface area contributed by atoms with Crippen LogP contribution in [0.25, 0.3) is 10.9 Å². The maximum atomic E-state index is 12.8. The Labute approximate surface area is 158 Å². The third-order valence-corrected chi connectivity index (χ3v) is 4.90. The minimum Gasteiger partial charge on any atom is -0.325 e. The highest BCUT2D eigenvalue weighted by Crippen LogP contribution is 2.32. The number of thioether (sulfide) groups is 1. The molecular formula is C19H16F3N3OS. The number of aryl methyl sites for hydroxylation is 1. The molecule has 0 aliphatic heterocycles. The Hall–Kier alpha value is -2.61. The lowest BCUT2D eigenvalue weighted by atomic mass is 10.2. The van der Waals surface area contributed by atoms with Crippen LogP contribution in [0, 0.1) is 6.92 Å². The van der Waals surface area contributed by atoms with Gasteiger partial charge in [0.25, 0.3) is 0 Å². The number of anilines is 1. The summed E-state index contributed by atoms with van der Waals surface area (Å²) in [4.78, 5) is 21.2. The molecule has 0 unspecified atom stereocenters. The smallest absolute Gasteiger partial charge is 0.325 e. The van der Waals surface area contributed by atoms with Crippen molar-refractivity contribution >= 4 is 34.3 Å². The molecule has 0 aliphatic carbocycles.